The molecule has 1 amide bonds. The van der Waals surface area contributed by atoms with Crippen LogP contribution in [0.1, 0.15) is 41.7 Å². The highest BCUT2D eigenvalue weighted by Crippen LogP contribution is 2.35. The van der Waals surface area contributed by atoms with Gasteiger partial charge >= 0.3 is 0 Å². The normalized spacial score (nSPS) is 26.6. The zero-order valence-electron chi connectivity index (χ0n) is 34.1. The summed E-state index contributed by atoms with van der Waals surface area (Å²) in [5.74, 6) is -0.357. The predicted octanol–water partition coefficient (Wildman–Crippen LogP) is 6.90. The number of carbonyl (C=O) groups is 1. The van der Waals surface area contributed by atoms with Crippen LogP contribution < -0.4 is 5.32 Å². The molecule has 60 heavy (non-hydrogen) atoms. The van der Waals surface area contributed by atoms with Crippen molar-refractivity contribution in [3.63, 3.8) is 0 Å². The Balaban J connectivity index is 1.20. The Morgan fingerprint density at radius 1 is 0.533 bits per heavy atom. The van der Waals surface area contributed by atoms with E-state index in [0.29, 0.717) is 13.2 Å². The van der Waals surface area contributed by atoms with Gasteiger partial charge in [0.25, 0.3) is 0 Å². The van der Waals surface area contributed by atoms with Gasteiger partial charge in [0, 0.05) is 6.92 Å². The summed E-state index contributed by atoms with van der Waals surface area (Å²) >= 11 is 0. The molecule has 10 atom stereocenters. The number of carbonyl (C=O) groups excluding carboxylic acids is 1. The van der Waals surface area contributed by atoms with Crippen LogP contribution in [0.4, 0.5) is 0 Å². The molecule has 316 valence electrons. The number of rotatable bonds is 19. The van der Waals surface area contributed by atoms with E-state index in [1.165, 1.54) is 6.92 Å². The topological polar surface area (TPSA) is 123 Å². The number of amides is 1. The number of nitrogens with one attached hydrogen (secondary N) is 1. The van der Waals surface area contributed by atoms with Crippen LogP contribution in [0.25, 0.3) is 0 Å². The van der Waals surface area contributed by atoms with Crippen molar-refractivity contribution in [2.24, 2.45) is 0 Å². The maximum atomic E-state index is 12.9. The van der Waals surface area contributed by atoms with Gasteiger partial charge in [0.2, 0.25) is 5.91 Å². The molecule has 11 nitrogen and oxygen atoms in total. The van der Waals surface area contributed by atoms with Crippen LogP contribution >= 0.6 is 0 Å². The first-order valence-electron chi connectivity index (χ1n) is 20.6. The van der Waals surface area contributed by atoms with Gasteiger partial charge in [-0.05, 0) is 34.7 Å². The van der Waals surface area contributed by atoms with E-state index in [0.717, 1.165) is 27.8 Å². The molecule has 0 spiro atoms. The van der Waals surface area contributed by atoms with Gasteiger partial charge in [0.05, 0.1) is 45.7 Å². The van der Waals surface area contributed by atoms with Crippen molar-refractivity contribution in [1.29, 1.82) is 0 Å². The van der Waals surface area contributed by atoms with Crippen molar-refractivity contribution in [2.45, 2.75) is 108 Å². The Kier molecular flexibility index (Phi) is 16.0. The number of benzene rings is 5. The van der Waals surface area contributed by atoms with Crippen LogP contribution in [0.3, 0.4) is 0 Å². The van der Waals surface area contributed by atoms with Crippen LogP contribution in [0.2, 0.25) is 0 Å². The van der Waals surface area contributed by atoms with Gasteiger partial charge in [-0.1, -0.05) is 152 Å². The highest BCUT2D eigenvalue weighted by molar-refractivity contribution is 5.73. The molecular formula is C49H55NO10. The van der Waals surface area contributed by atoms with Crippen molar-refractivity contribution in [3.8, 4) is 0 Å². The van der Waals surface area contributed by atoms with Crippen LogP contribution in [-0.2, 0) is 75.7 Å². The molecule has 0 radical (unpaired) electrons. The summed E-state index contributed by atoms with van der Waals surface area (Å²) in [6, 6.07) is 48.1. The molecule has 0 bridgehead atoms. The van der Waals surface area contributed by atoms with Crippen molar-refractivity contribution in [2.75, 3.05) is 6.61 Å². The summed E-state index contributed by atoms with van der Waals surface area (Å²) in [6.45, 7) is 4.61. The second-order valence-corrected chi connectivity index (χ2v) is 15.2. The van der Waals surface area contributed by atoms with Crippen LogP contribution in [0.15, 0.2) is 152 Å². The standard InChI is InChI=1S/C49H55NO10/c1-34-44(54-29-37-20-10-4-11-21-37)46(55-30-38-22-12-5-13-23-38)47(56-31-39-24-14-6-15-25-39)49(58-34)60-45-42(50-35(2)51)48(57-32-40-26-16-7-17-27-40)59-41(43(45)52)33-53-28-36-18-8-3-9-19-36/h3-27,34,41-49,52H,28-33H2,1-2H3,(H,50,51)/t34-,41+,42+,43+,44+,45+,46+,47-,48-,49-/m0/s1. The van der Waals surface area contributed by atoms with Gasteiger partial charge in [-0.2, -0.15) is 0 Å². The van der Waals surface area contributed by atoms with Crippen LogP contribution in [0.5, 0.6) is 0 Å². The molecule has 2 saturated heterocycles. The number of aliphatic hydroxyl groups excluding tert-OH is 1. The predicted molar refractivity (Wildman–Crippen MR) is 224 cm³/mol. The summed E-state index contributed by atoms with van der Waals surface area (Å²) in [5.41, 5.74) is 4.78. The van der Waals surface area contributed by atoms with Crippen molar-refractivity contribution >= 4 is 5.91 Å². The lowest BCUT2D eigenvalue weighted by atomic mass is 9.95. The first-order chi connectivity index (χ1) is 29.4. The van der Waals surface area contributed by atoms with Crippen molar-refractivity contribution in [1.82, 2.24) is 5.32 Å². The average molecular weight is 818 g/mol. The Labute approximate surface area is 352 Å². The van der Waals surface area contributed by atoms with E-state index < -0.39 is 61.3 Å². The number of hydrogen-bond donors (Lipinski definition) is 2. The molecule has 5 aromatic rings. The molecule has 7 rings (SSSR count). The van der Waals surface area contributed by atoms with Crippen LogP contribution in [-0.4, -0.2) is 79.0 Å². The Morgan fingerprint density at radius 2 is 0.950 bits per heavy atom. The SMILES string of the molecule is CC(=O)N[C@H]1[C@@H](OCc2ccccc2)O[C@H](COCc2ccccc2)[C@@H](O)[C@@H]1O[C@@H]1O[C@@H](C)[C@@H](OCc2ccccc2)[C@@H](OCc2ccccc2)[C@@H]1OCc1ccccc1. The summed E-state index contributed by atoms with van der Waals surface area (Å²) in [7, 11) is 0. The molecule has 2 heterocycles. The van der Waals surface area contributed by atoms with E-state index in [9.17, 15) is 9.90 Å². The third kappa shape index (κ3) is 12.2. The second kappa shape index (κ2) is 22.2. The summed E-state index contributed by atoms with van der Waals surface area (Å²) in [5, 5.41) is 15.2. The third-order valence-corrected chi connectivity index (χ3v) is 10.6. The van der Waals surface area contributed by atoms with E-state index in [4.69, 9.17) is 37.9 Å². The average Bonchev–Trinajstić information content (AvgIpc) is 3.28. The lowest BCUT2D eigenvalue weighted by Crippen LogP contribution is -2.68. The van der Waals surface area contributed by atoms with Gasteiger partial charge < -0.3 is 48.3 Å². The molecule has 11 heteroatoms. The molecule has 2 aliphatic rings. The fraction of sp³-hybridized carbons (Fsp3) is 0.367. The van der Waals surface area contributed by atoms with Gasteiger partial charge in [0.15, 0.2) is 12.6 Å². The second-order valence-electron chi connectivity index (χ2n) is 15.2. The monoisotopic (exact) mass is 817 g/mol. The smallest absolute Gasteiger partial charge is 0.217 e. The fourth-order valence-electron chi connectivity index (χ4n) is 7.50. The van der Waals surface area contributed by atoms with E-state index in [-0.39, 0.29) is 32.3 Å². The Morgan fingerprint density at radius 3 is 1.42 bits per heavy atom. The molecule has 2 fully saturated rings. The van der Waals surface area contributed by atoms with Gasteiger partial charge in [-0.25, -0.2) is 0 Å². The molecule has 0 aromatic heterocycles. The summed E-state index contributed by atoms with van der Waals surface area (Å²) in [6.07, 6.45) is -8.14. The highest BCUT2D eigenvalue weighted by atomic mass is 16.7. The van der Waals surface area contributed by atoms with E-state index in [2.05, 4.69) is 5.32 Å². The quantitative estimate of drug-likeness (QED) is 0.0911. The fourth-order valence-corrected chi connectivity index (χ4v) is 7.50. The van der Waals surface area contributed by atoms with E-state index in [1.807, 2.05) is 159 Å². The van der Waals surface area contributed by atoms with E-state index >= 15 is 0 Å². The third-order valence-electron chi connectivity index (χ3n) is 10.6. The molecule has 0 saturated carbocycles. The molecule has 2 aliphatic heterocycles. The van der Waals surface area contributed by atoms with E-state index in [1.54, 1.807) is 0 Å². The minimum absolute atomic E-state index is 0.0159. The van der Waals surface area contributed by atoms with Crippen molar-refractivity contribution in [3.05, 3.63) is 179 Å². The number of aliphatic hydroxyl groups is 1. The largest absolute Gasteiger partial charge is 0.388 e. The molecule has 2 N–H and O–H groups in total. The van der Waals surface area contributed by atoms with Gasteiger partial charge in [-0.15, -0.1) is 0 Å². The van der Waals surface area contributed by atoms with Gasteiger partial charge in [-0.3, -0.25) is 4.79 Å². The van der Waals surface area contributed by atoms with Gasteiger partial charge in [0.1, 0.15) is 42.7 Å². The maximum absolute atomic E-state index is 12.9. The molecule has 0 aliphatic carbocycles. The van der Waals surface area contributed by atoms with Crippen LogP contribution in [0, 0.1) is 0 Å². The molecular weight excluding hydrogens is 763 g/mol. The lowest BCUT2D eigenvalue weighted by molar-refractivity contribution is -0.355. The molecule has 0 unspecified atom stereocenters. The first-order valence-corrected chi connectivity index (χ1v) is 20.6. The Bertz CT molecular complexity index is 1980. The highest BCUT2D eigenvalue weighted by Gasteiger charge is 2.53. The van der Waals surface area contributed by atoms with Crippen molar-refractivity contribution < 1.29 is 47.8 Å². The number of ether oxygens (including phenoxy) is 8. The first kappa shape index (κ1) is 43.3. The zero-order valence-corrected chi connectivity index (χ0v) is 34.1. The lowest BCUT2D eigenvalue weighted by Gasteiger charge is -2.49. The maximum Gasteiger partial charge on any atom is 0.217 e. The summed E-state index contributed by atoms with van der Waals surface area (Å²) in [4.78, 5) is 12.9. The number of hydrogen-bond acceptors (Lipinski definition) is 10. The molecule has 5 aromatic carbocycles. The Hall–Kier alpha value is -4.79. The zero-order chi connectivity index (χ0) is 41.5. The minimum Gasteiger partial charge on any atom is -0.388 e. The summed E-state index contributed by atoms with van der Waals surface area (Å²) < 4.78 is 52.8. The minimum atomic E-state index is -1.29.